The molecule has 0 radical (unpaired) electrons. The summed E-state index contributed by atoms with van der Waals surface area (Å²) in [4.78, 5) is 2.54. The normalized spacial score (nSPS) is 18.1. The van der Waals surface area contributed by atoms with Gasteiger partial charge in [-0.2, -0.15) is 0 Å². The fourth-order valence-electron chi connectivity index (χ4n) is 2.26. The molecule has 0 amide bonds. The first kappa shape index (κ1) is 16.2. The third kappa shape index (κ3) is 4.41. The van der Waals surface area contributed by atoms with E-state index in [1.165, 1.54) is 0 Å². The van der Waals surface area contributed by atoms with Crippen LogP contribution in [-0.2, 0) is 10.0 Å². The number of piperazine rings is 1. The molecule has 0 unspecified atom stereocenters. The minimum absolute atomic E-state index is 0.133. The van der Waals surface area contributed by atoms with Gasteiger partial charge in [0.2, 0.25) is 10.0 Å². The van der Waals surface area contributed by atoms with E-state index in [0.717, 1.165) is 26.2 Å². The van der Waals surface area contributed by atoms with Crippen molar-refractivity contribution in [2.45, 2.75) is 24.8 Å². The van der Waals surface area contributed by atoms with Crippen LogP contribution in [0.4, 0.5) is 5.69 Å². The van der Waals surface area contributed by atoms with Gasteiger partial charge in [0.05, 0.1) is 5.69 Å². The molecule has 0 aromatic heterocycles. The highest BCUT2D eigenvalue weighted by Gasteiger charge is 2.21. The standard InChI is InChI=1S/C14H24N4O2S/c1-12(2)16-21(19,20)14-7-5-4-6-13(14)15-18-10-8-17(3)9-11-18/h4-7,12,15-16H,8-11H2,1-3H3. The molecule has 118 valence electrons. The summed E-state index contributed by atoms with van der Waals surface area (Å²) < 4.78 is 27.4. The molecule has 1 aliphatic rings. The monoisotopic (exact) mass is 312 g/mol. The average molecular weight is 312 g/mol. The van der Waals surface area contributed by atoms with E-state index < -0.39 is 10.0 Å². The first-order valence-electron chi connectivity index (χ1n) is 7.20. The van der Waals surface area contributed by atoms with Gasteiger partial charge in [-0.15, -0.1) is 0 Å². The zero-order chi connectivity index (χ0) is 15.5. The lowest BCUT2D eigenvalue weighted by molar-refractivity contribution is 0.178. The Bertz CT molecular complexity index is 566. The third-order valence-corrected chi connectivity index (χ3v) is 5.07. The lowest BCUT2D eigenvalue weighted by Crippen LogP contribution is -2.47. The maximum atomic E-state index is 12.4. The summed E-state index contributed by atoms with van der Waals surface area (Å²) in [6.07, 6.45) is 0. The number of anilines is 1. The summed E-state index contributed by atoms with van der Waals surface area (Å²) in [7, 11) is -1.42. The highest BCUT2D eigenvalue weighted by Crippen LogP contribution is 2.21. The van der Waals surface area contributed by atoms with E-state index in [-0.39, 0.29) is 10.9 Å². The quantitative estimate of drug-likeness (QED) is 0.847. The minimum atomic E-state index is -3.50. The maximum Gasteiger partial charge on any atom is 0.242 e. The highest BCUT2D eigenvalue weighted by molar-refractivity contribution is 7.89. The number of hydrogen-bond acceptors (Lipinski definition) is 5. The van der Waals surface area contributed by atoms with Crippen LogP contribution >= 0.6 is 0 Å². The summed E-state index contributed by atoms with van der Waals surface area (Å²) >= 11 is 0. The lowest BCUT2D eigenvalue weighted by atomic mass is 10.3. The molecule has 0 spiro atoms. The van der Waals surface area contributed by atoms with Gasteiger partial charge in [-0.05, 0) is 33.0 Å². The van der Waals surface area contributed by atoms with Crippen LogP contribution < -0.4 is 10.1 Å². The van der Waals surface area contributed by atoms with Gasteiger partial charge in [-0.25, -0.2) is 18.1 Å². The first-order chi connectivity index (χ1) is 9.88. The molecule has 2 rings (SSSR count). The number of hydrazine groups is 1. The zero-order valence-corrected chi connectivity index (χ0v) is 13.7. The molecule has 1 fully saturated rings. The van der Waals surface area contributed by atoms with Crippen molar-refractivity contribution in [1.82, 2.24) is 14.6 Å². The van der Waals surface area contributed by atoms with Crippen LogP contribution in [0.1, 0.15) is 13.8 Å². The van der Waals surface area contributed by atoms with Crippen molar-refractivity contribution in [3.8, 4) is 0 Å². The Balaban J connectivity index is 2.17. The molecule has 1 saturated heterocycles. The Morgan fingerprint density at radius 1 is 1.10 bits per heavy atom. The first-order valence-corrected chi connectivity index (χ1v) is 8.68. The molecule has 1 aromatic rings. The van der Waals surface area contributed by atoms with Crippen molar-refractivity contribution in [3.05, 3.63) is 24.3 Å². The summed E-state index contributed by atoms with van der Waals surface area (Å²) in [5.74, 6) is 0. The number of nitrogens with one attached hydrogen (secondary N) is 2. The van der Waals surface area contributed by atoms with E-state index in [1.54, 1.807) is 18.2 Å². The van der Waals surface area contributed by atoms with Crippen molar-refractivity contribution in [2.75, 3.05) is 38.7 Å². The Labute approximate surface area is 127 Å². The number of likely N-dealkylation sites (N-methyl/N-ethyl adjacent to an activating group) is 1. The van der Waals surface area contributed by atoms with Crippen molar-refractivity contribution < 1.29 is 8.42 Å². The summed E-state index contributed by atoms with van der Waals surface area (Å²) in [6, 6.07) is 6.87. The van der Waals surface area contributed by atoms with E-state index >= 15 is 0 Å². The molecule has 7 heteroatoms. The predicted molar refractivity (Wildman–Crippen MR) is 84.6 cm³/mol. The second kappa shape index (κ2) is 6.74. The van der Waals surface area contributed by atoms with Crippen molar-refractivity contribution in [3.63, 3.8) is 0 Å². The van der Waals surface area contributed by atoms with Crippen LogP contribution in [0, 0.1) is 0 Å². The second-order valence-electron chi connectivity index (χ2n) is 5.67. The van der Waals surface area contributed by atoms with Gasteiger partial charge in [0, 0.05) is 32.2 Å². The van der Waals surface area contributed by atoms with Gasteiger partial charge in [0.15, 0.2) is 0 Å². The van der Waals surface area contributed by atoms with Crippen LogP contribution in [0.2, 0.25) is 0 Å². The predicted octanol–water partition coefficient (Wildman–Crippen LogP) is 0.948. The largest absolute Gasteiger partial charge is 0.317 e. The van der Waals surface area contributed by atoms with Crippen LogP contribution in [-0.4, -0.2) is 57.6 Å². The SMILES string of the molecule is CC(C)NS(=O)(=O)c1ccccc1NN1CCN(C)CC1. The number of rotatable bonds is 5. The van der Waals surface area contributed by atoms with E-state index in [2.05, 4.69) is 27.1 Å². The summed E-state index contributed by atoms with van der Waals surface area (Å²) in [6.45, 7) is 7.28. The molecule has 21 heavy (non-hydrogen) atoms. The minimum Gasteiger partial charge on any atom is -0.317 e. The van der Waals surface area contributed by atoms with Gasteiger partial charge >= 0.3 is 0 Å². The molecular weight excluding hydrogens is 288 g/mol. The molecule has 0 bridgehead atoms. The van der Waals surface area contributed by atoms with E-state index in [1.807, 2.05) is 19.9 Å². The topological polar surface area (TPSA) is 64.7 Å². The summed E-state index contributed by atoms with van der Waals surface area (Å²) in [5.41, 5.74) is 3.86. The van der Waals surface area contributed by atoms with Crippen molar-refractivity contribution >= 4 is 15.7 Å². The second-order valence-corrected chi connectivity index (χ2v) is 7.36. The molecule has 6 nitrogen and oxygen atoms in total. The van der Waals surface area contributed by atoms with E-state index in [4.69, 9.17) is 0 Å². The number of hydrogen-bond donors (Lipinski definition) is 2. The van der Waals surface area contributed by atoms with Gasteiger partial charge < -0.3 is 10.3 Å². The molecule has 1 heterocycles. The Kier molecular flexibility index (Phi) is 5.21. The molecular formula is C14H24N4O2S. The number of nitrogens with zero attached hydrogens (tertiary/aromatic N) is 2. The fourth-order valence-corrected chi connectivity index (χ4v) is 3.66. The Morgan fingerprint density at radius 3 is 2.33 bits per heavy atom. The van der Waals surface area contributed by atoms with Crippen molar-refractivity contribution in [1.29, 1.82) is 0 Å². The highest BCUT2D eigenvalue weighted by atomic mass is 32.2. The molecule has 2 N–H and O–H groups in total. The molecule has 0 atom stereocenters. The van der Waals surface area contributed by atoms with Gasteiger partial charge in [0.1, 0.15) is 4.90 Å². The smallest absolute Gasteiger partial charge is 0.242 e. The zero-order valence-electron chi connectivity index (χ0n) is 12.8. The van der Waals surface area contributed by atoms with Gasteiger partial charge in [-0.3, -0.25) is 0 Å². The van der Waals surface area contributed by atoms with Crippen molar-refractivity contribution in [2.24, 2.45) is 0 Å². The van der Waals surface area contributed by atoms with E-state index in [0.29, 0.717) is 5.69 Å². The molecule has 0 aliphatic carbocycles. The van der Waals surface area contributed by atoms with Crippen LogP contribution in [0.25, 0.3) is 0 Å². The average Bonchev–Trinajstić information content (AvgIpc) is 2.40. The molecule has 0 saturated carbocycles. The fraction of sp³-hybridized carbons (Fsp3) is 0.571. The summed E-state index contributed by atoms with van der Waals surface area (Å²) in [5, 5.41) is 2.06. The van der Waals surface area contributed by atoms with Gasteiger partial charge in [0.25, 0.3) is 0 Å². The number of sulfonamides is 1. The Hall–Kier alpha value is -1.15. The lowest BCUT2D eigenvalue weighted by Gasteiger charge is -2.33. The Morgan fingerprint density at radius 2 is 1.71 bits per heavy atom. The van der Waals surface area contributed by atoms with Gasteiger partial charge in [-0.1, -0.05) is 12.1 Å². The van der Waals surface area contributed by atoms with Crippen LogP contribution in [0.5, 0.6) is 0 Å². The van der Waals surface area contributed by atoms with Crippen LogP contribution in [0.3, 0.4) is 0 Å². The molecule has 1 aliphatic heterocycles. The third-order valence-electron chi connectivity index (χ3n) is 3.35. The maximum absolute atomic E-state index is 12.4. The number of para-hydroxylation sites is 1. The van der Waals surface area contributed by atoms with Crippen LogP contribution in [0.15, 0.2) is 29.2 Å². The van der Waals surface area contributed by atoms with E-state index in [9.17, 15) is 8.42 Å². The molecule has 1 aromatic carbocycles. The number of benzene rings is 1.